The van der Waals surface area contributed by atoms with Crippen LogP contribution in [0, 0.1) is 0 Å². The lowest BCUT2D eigenvalue weighted by atomic mass is 10.1. The summed E-state index contributed by atoms with van der Waals surface area (Å²) in [4.78, 5) is 20.9. The lowest BCUT2D eigenvalue weighted by Gasteiger charge is -2.33. The molecule has 184 valence electrons. The number of carbonyl (C=O) groups is 1. The van der Waals surface area contributed by atoms with Crippen LogP contribution in [0.1, 0.15) is 25.3 Å². The van der Waals surface area contributed by atoms with Gasteiger partial charge in [-0.2, -0.15) is 13.2 Å². The minimum Gasteiger partial charge on any atom is -0.419 e. The molecule has 1 amide bonds. The fraction of sp³-hybridized carbons (Fsp3) is 0.320. The zero-order valence-electron chi connectivity index (χ0n) is 19.1. The second kappa shape index (κ2) is 10.4. The molecule has 2 unspecified atom stereocenters. The third-order valence-corrected chi connectivity index (χ3v) is 5.67. The van der Waals surface area contributed by atoms with Crippen LogP contribution < -0.4 is 5.32 Å². The molecule has 4 rings (SSSR count). The highest BCUT2D eigenvalue weighted by atomic mass is 19.4. The SMILES string of the molecule is COC1CCC(OC(=O)Nc2ccc(-c3ccnc(-c4ccc(C(F)(F)F)cc4)n3)cc2)O[C@H]1C. The van der Waals surface area contributed by atoms with E-state index in [4.69, 9.17) is 14.2 Å². The molecule has 10 heteroatoms. The van der Waals surface area contributed by atoms with E-state index in [9.17, 15) is 18.0 Å². The van der Waals surface area contributed by atoms with Crippen LogP contribution in [0.5, 0.6) is 0 Å². The third-order valence-electron chi connectivity index (χ3n) is 5.67. The highest BCUT2D eigenvalue weighted by Gasteiger charge is 2.31. The number of rotatable bonds is 5. The highest BCUT2D eigenvalue weighted by Crippen LogP contribution is 2.31. The van der Waals surface area contributed by atoms with Crippen molar-refractivity contribution in [1.82, 2.24) is 9.97 Å². The first-order valence-corrected chi connectivity index (χ1v) is 11.0. The van der Waals surface area contributed by atoms with Crippen LogP contribution >= 0.6 is 0 Å². The van der Waals surface area contributed by atoms with Crippen LogP contribution in [-0.2, 0) is 20.4 Å². The number of aromatic nitrogens is 2. The van der Waals surface area contributed by atoms with Gasteiger partial charge in [-0.3, -0.25) is 5.32 Å². The summed E-state index contributed by atoms with van der Waals surface area (Å²) in [6.07, 6.45) is -3.05. The predicted octanol–water partition coefficient (Wildman–Crippen LogP) is 5.92. The molecule has 3 aromatic rings. The van der Waals surface area contributed by atoms with Crippen molar-refractivity contribution in [3.63, 3.8) is 0 Å². The van der Waals surface area contributed by atoms with Crippen LogP contribution in [0.3, 0.4) is 0 Å². The van der Waals surface area contributed by atoms with Gasteiger partial charge in [-0.15, -0.1) is 0 Å². The zero-order chi connectivity index (χ0) is 25.0. The van der Waals surface area contributed by atoms with Crippen molar-refractivity contribution < 1.29 is 32.2 Å². The average molecular weight is 487 g/mol. The Hall–Kier alpha value is -3.50. The van der Waals surface area contributed by atoms with Gasteiger partial charge in [0.25, 0.3) is 0 Å². The van der Waals surface area contributed by atoms with Gasteiger partial charge in [0.2, 0.25) is 6.29 Å². The van der Waals surface area contributed by atoms with Crippen molar-refractivity contribution in [2.75, 3.05) is 12.4 Å². The van der Waals surface area contributed by atoms with Crippen molar-refractivity contribution in [2.45, 2.75) is 44.4 Å². The molecule has 1 aliphatic rings. The molecule has 1 N–H and O–H groups in total. The molecule has 1 saturated heterocycles. The quantitative estimate of drug-likeness (QED) is 0.481. The van der Waals surface area contributed by atoms with Crippen LogP contribution in [0.2, 0.25) is 0 Å². The number of amides is 1. The number of halogens is 3. The number of ether oxygens (including phenoxy) is 3. The van der Waals surface area contributed by atoms with Crippen LogP contribution in [-0.4, -0.2) is 41.7 Å². The van der Waals surface area contributed by atoms with Gasteiger partial charge < -0.3 is 14.2 Å². The van der Waals surface area contributed by atoms with Crippen molar-refractivity contribution in [2.24, 2.45) is 0 Å². The molecule has 1 fully saturated rings. The average Bonchev–Trinajstić information content (AvgIpc) is 2.84. The van der Waals surface area contributed by atoms with Gasteiger partial charge in [-0.1, -0.05) is 24.3 Å². The first-order chi connectivity index (χ1) is 16.7. The van der Waals surface area contributed by atoms with Crippen molar-refractivity contribution >= 4 is 11.8 Å². The summed E-state index contributed by atoms with van der Waals surface area (Å²) < 4.78 is 54.7. The minimum absolute atomic E-state index is 0.0213. The summed E-state index contributed by atoms with van der Waals surface area (Å²) in [6.45, 7) is 1.87. The van der Waals surface area contributed by atoms with Gasteiger partial charge in [-0.05, 0) is 43.7 Å². The van der Waals surface area contributed by atoms with Crippen molar-refractivity contribution in [3.05, 3.63) is 66.4 Å². The minimum atomic E-state index is -4.40. The van der Waals surface area contributed by atoms with E-state index in [0.717, 1.165) is 24.1 Å². The molecule has 0 spiro atoms. The zero-order valence-corrected chi connectivity index (χ0v) is 19.1. The van der Waals surface area contributed by atoms with Gasteiger partial charge in [0.1, 0.15) is 0 Å². The van der Waals surface area contributed by atoms with Crippen LogP contribution in [0.25, 0.3) is 22.6 Å². The Bertz CT molecular complexity index is 1150. The molecular weight excluding hydrogens is 463 g/mol. The van der Waals surface area contributed by atoms with Gasteiger partial charge in [0, 0.05) is 36.5 Å². The molecule has 2 aromatic carbocycles. The lowest BCUT2D eigenvalue weighted by molar-refractivity contribution is -0.196. The molecule has 2 heterocycles. The highest BCUT2D eigenvalue weighted by molar-refractivity contribution is 5.85. The maximum Gasteiger partial charge on any atom is 0.416 e. The Balaban J connectivity index is 1.39. The smallest absolute Gasteiger partial charge is 0.416 e. The molecule has 0 radical (unpaired) electrons. The standard InChI is InChI=1S/C25H24F3N3O4/c1-15-21(33-2)11-12-22(34-15)35-24(32)30-19-9-5-16(6-10-19)20-13-14-29-23(31-20)17-3-7-18(8-4-17)25(26,27)28/h3-10,13-15,21-22H,11-12H2,1-2H3,(H,30,32)/t15-,21?,22?/m0/s1. The Labute approximate surface area is 200 Å². The summed E-state index contributed by atoms with van der Waals surface area (Å²) in [7, 11) is 1.62. The summed E-state index contributed by atoms with van der Waals surface area (Å²) in [5, 5.41) is 2.67. The summed E-state index contributed by atoms with van der Waals surface area (Å²) in [5.41, 5.74) is 1.59. The van der Waals surface area contributed by atoms with E-state index in [1.807, 2.05) is 6.92 Å². The maximum atomic E-state index is 12.8. The maximum absolute atomic E-state index is 12.8. The van der Waals surface area contributed by atoms with E-state index in [2.05, 4.69) is 15.3 Å². The van der Waals surface area contributed by atoms with Gasteiger partial charge in [0.05, 0.1) is 23.5 Å². The number of nitrogens with zero attached hydrogens (tertiary/aromatic N) is 2. The third kappa shape index (κ3) is 6.14. The van der Waals surface area contributed by atoms with Crippen molar-refractivity contribution in [3.8, 4) is 22.6 Å². The van der Waals surface area contributed by atoms with Crippen LogP contribution in [0.15, 0.2) is 60.8 Å². The molecule has 0 bridgehead atoms. The van der Waals surface area contributed by atoms with Gasteiger partial charge in [-0.25, -0.2) is 14.8 Å². The number of alkyl halides is 3. The van der Waals surface area contributed by atoms with Crippen LogP contribution in [0.4, 0.5) is 23.7 Å². The molecular formula is C25H24F3N3O4. The number of nitrogens with one attached hydrogen (secondary N) is 1. The monoisotopic (exact) mass is 487 g/mol. The molecule has 0 aliphatic carbocycles. The second-order valence-electron chi connectivity index (χ2n) is 8.07. The van der Waals surface area contributed by atoms with E-state index in [1.54, 1.807) is 37.4 Å². The summed E-state index contributed by atoms with van der Waals surface area (Å²) in [5.74, 6) is 0.305. The normalized spacial score (nSPS) is 20.3. The first-order valence-electron chi connectivity index (χ1n) is 11.0. The number of carbonyl (C=O) groups excluding carboxylic acids is 1. The number of hydrogen-bond acceptors (Lipinski definition) is 6. The van der Waals surface area contributed by atoms with E-state index >= 15 is 0 Å². The predicted molar refractivity (Wildman–Crippen MR) is 122 cm³/mol. The fourth-order valence-corrected chi connectivity index (χ4v) is 3.78. The number of anilines is 1. The van der Waals surface area contributed by atoms with E-state index in [-0.39, 0.29) is 12.2 Å². The van der Waals surface area contributed by atoms with Gasteiger partial charge >= 0.3 is 12.3 Å². The Kier molecular flexibility index (Phi) is 7.32. The Morgan fingerprint density at radius 2 is 1.71 bits per heavy atom. The lowest BCUT2D eigenvalue weighted by Crippen LogP contribution is -2.40. The fourth-order valence-electron chi connectivity index (χ4n) is 3.78. The number of hydrogen-bond donors (Lipinski definition) is 1. The topological polar surface area (TPSA) is 82.6 Å². The number of benzene rings is 2. The van der Waals surface area contributed by atoms with Crippen molar-refractivity contribution in [1.29, 1.82) is 0 Å². The Morgan fingerprint density at radius 1 is 1.03 bits per heavy atom. The first kappa shape index (κ1) is 24.6. The molecule has 1 aromatic heterocycles. The summed E-state index contributed by atoms with van der Waals surface area (Å²) in [6, 6.07) is 13.3. The number of methoxy groups -OCH3 is 1. The molecule has 35 heavy (non-hydrogen) atoms. The Morgan fingerprint density at radius 3 is 2.34 bits per heavy atom. The van der Waals surface area contributed by atoms with Gasteiger partial charge in [0.15, 0.2) is 5.82 Å². The molecule has 1 aliphatic heterocycles. The van der Waals surface area contributed by atoms with E-state index in [1.165, 1.54) is 18.3 Å². The molecule has 7 nitrogen and oxygen atoms in total. The summed E-state index contributed by atoms with van der Waals surface area (Å²) >= 11 is 0. The molecule has 0 saturated carbocycles. The van der Waals surface area contributed by atoms with E-state index in [0.29, 0.717) is 29.2 Å². The van der Waals surface area contributed by atoms with E-state index < -0.39 is 24.1 Å². The molecule has 3 atom stereocenters. The largest absolute Gasteiger partial charge is 0.419 e. The second-order valence-corrected chi connectivity index (χ2v) is 8.07.